The Balaban J connectivity index is 2.11. The first-order valence-corrected chi connectivity index (χ1v) is 4.91. The molecule has 1 aliphatic rings. The van der Waals surface area contributed by atoms with Gasteiger partial charge in [0.15, 0.2) is 0 Å². The molecule has 0 spiro atoms. The Kier molecular flexibility index (Phi) is 3.05. The summed E-state index contributed by atoms with van der Waals surface area (Å²) in [5, 5.41) is 2.71. The van der Waals surface area contributed by atoms with Gasteiger partial charge in [0.05, 0.1) is 6.04 Å². The number of benzene rings is 1. The molecule has 4 nitrogen and oxygen atoms in total. The third-order valence-electron chi connectivity index (χ3n) is 2.36. The van der Waals surface area contributed by atoms with E-state index in [9.17, 15) is 9.18 Å². The SMILES string of the molecule is COCC(=O)NC1COc2ccc(F)cc21. The molecule has 0 fully saturated rings. The van der Waals surface area contributed by atoms with Crippen molar-refractivity contribution >= 4 is 5.91 Å². The van der Waals surface area contributed by atoms with E-state index in [0.29, 0.717) is 17.9 Å². The lowest BCUT2D eigenvalue weighted by Gasteiger charge is -2.10. The highest BCUT2D eigenvalue weighted by molar-refractivity contribution is 5.78. The van der Waals surface area contributed by atoms with Crippen LogP contribution in [0.1, 0.15) is 11.6 Å². The molecule has 1 unspecified atom stereocenters. The number of nitrogens with one attached hydrogen (secondary N) is 1. The van der Waals surface area contributed by atoms with E-state index in [-0.39, 0.29) is 24.4 Å². The summed E-state index contributed by atoms with van der Waals surface area (Å²) in [5.41, 5.74) is 0.671. The number of ether oxygens (including phenoxy) is 2. The van der Waals surface area contributed by atoms with E-state index in [4.69, 9.17) is 9.47 Å². The van der Waals surface area contributed by atoms with Gasteiger partial charge >= 0.3 is 0 Å². The lowest BCUT2D eigenvalue weighted by Crippen LogP contribution is -2.32. The number of halogens is 1. The molecule has 0 aromatic heterocycles. The average Bonchev–Trinajstić information content (AvgIpc) is 2.61. The Morgan fingerprint density at radius 3 is 3.25 bits per heavy atom. The summed E-state index contributed by atoms with van der Waals surface area (Å²) in [4.78, 5) is 11.3. The minimum atomic E-state index is -0.338. The van der Waals surface area contributed by atoms with Crippen molar-refractivity contribution in [1.82, 2.24) is 5.32 Å². The zero-order chi connectivity index (χ0) is 11.5. The Labute approximate surface area is 92.4 Å². The summed E-state index contributed by atoms with van der Waals surface area (Å²) in [5.74, 6) is 0.0348. The number of fused-ring (bicyclic) bond motifs is 1. The first-order valence-electron chi connectivity index (χ1n) is 4.91. The first-order chi connectivity index (χ1) is 7.70. The maximum atomic E-state index is 13.0. The van der Waals surface area contributed by atoms with Gasteiger partial charge < -0.3 is 14.8 Å². The molecule has 1 aromatic carbocycles. The van der Waals surface area contributed by atoms with Crippen LogP contribution in [0.25, 0.3) is 0 Å². The van der Waals surface area contributed by atoms with Crippen LogP contribution in [0.15, 0.2) is 18.2 Å². The molecule has 0 aliphatic carbocycles. The summed E-state index contributed by atoms with van der Waals surface area (Å²) >= 11 is 0. The van der Waals surface area contributed by atoms with Crippen LogP contribution in [-0.2, 0) is 9.53 Å². The van der Waals surface area contributed by atoms with Gasteiger partial charge in [-0.25, -0.2) is 4.39 Å². The summed E-state index contributed by atoms with van der Waals surface area (Å²) in [6, 6.07) is 3.97. The van der Waals surface area contributed by atoms with E-state index in [1.54, 1.807) is 6.07 Å². The maximum Gasteiger partial charge on any atom is 0.246 e. The Morgan fingerprint density at radius 1 is 1.69 bits per heavy atom. The topological polar surface area (TPSA) is 47.6 Å². The second-order valence-electron chi connectivity index (χ2n) is 3.55. The number of carbonyl (C=O) groups is 1. The van der Waals surface area contributed by atoms with Gasteiger partial charge in [-0.15, -0.1) is 0 Å². The zero-order valence-electron chi connectivity index (χ0n) is 8.83. The lowest BCUT2D eigenvalue weighted by atomic mass is 10.1. The van der Waals surface area contributed by atoms with Crippen molar-refractivity contribution in [3.63, 3.8) is 0 Å². The monoisotopic (exact) mass is 225 g/mol. The molecule has 1 aromatic rings. The fraction of sp³-hybridized carbons (Fsp3) is 0.364. The largest absolute Gasteiger partial charge is 0.491 e. The average molecular weight is 225 g/mol. The predicted molar refractivity (Wildman–Crippen MR) is 54.7 cm³/mol. The predicted octanol–water partition coefficient (Wildman–Crippen LogP) is 1.02. The molecule has 0 radical (unpaired) electrons. The Morgan fingerprint density at radius 2 is 2.50 bits per heavy atom. The van der Waals surface area contributed by atoms with Crippen molar-refractivity contribution in [2.75, 3.05) is 20.3 Å². The number of carbonyl (C=O) groups excluding carboxylic acids is 1. The third-order valence-corrected chi connectivity index (χ3v) is 2.36. The van der Waals surface area contributed by atoms with Crippen molar-refractivity contribution in [2.45, 2.75) is 6.04 Å². The molecule has 0 saturated heterocycles. The van der Waals surface area contributed by atoms with Crippen LogP contribution in [0.3, 0.4) is 0 Å². The lowest BCUT2D eigenvalue weighted by molar-refractivity contribution is -0.125. The molecule has 1 amide bonds. The highest BCUT2D eigenvalue weighted by Crippen LogP contribution is 2.32. The summed E-state index contributed by atoms with van der Waals surface area (Å²) in [6.45, 7) is 0.315. The minimum Gasteiger partial charge on any atom is -0.491 e. The van der Waals surface area contributed by atoms with Gasteiger partial charge in [0, 0.05) is 12.7 Å². The van der Waals surface area contributed by atoms with Gasteiger partial charge in [0.25, 0.3) is 0 Å². The van der Waals surface area contributed by atoms with Gasteiger partial charge in [0.2, 0.25) is 5.91 Å². The second-order valence-corrected chi connectivity index (χ2v) is 3.55. The molecule has 2 rings (SSSR count). The molecule has 1 atom stereocenters. The fourth-order valence-electron chi connectivity index (χ4n) is 1.67. The van der Waals surface area contributed by atoms with E-state index in [1.165, 1.54) is 19.2 Å². The highest BCUT2D eigenvalue weighted by atomic mass is 19.1. The Hall–Kier alpha value is -1.62. The second kappa shape index (κ2) is 4.49. The quantitative estimate of drug-likeness (QED) is 0.835. The summed E-state index contributed by atoms with van der Waals surface area (Å²) in [7, 11) is 1.44. The molecular formula is C11H12FNO3. The molecule has 5 heteroatoms. The van der Waals surface area contributed by atoms with Gasteiger partial charge in [-0.05, 0) is 18.2 Å². The van der Waals surface area contributed by atoms with E-state index in [1.807, 2.05) is 0 Å². The van der Waals surface area contributed by atoms with Crippen LogP contribution in [0.2, 0.25) is 0 Å². The van der Waals surface area contributed by atoms with Crippen LogP contribution in [-0.4, -0.2) is 26.2 Å². The number of amides is 1. The molecule has 1 aliphatic heterocycles. The van der Waals surface area contributed by atoms with Crippen LogP contribution in [0.5, 0.6) is 5.75 Å². The van der Waals surface area contributed by atoms with Crippen molar-refractivity contribution in [2.24, 2.45) is 0 Å². The Bertz CT molecular complexity index is 408. The van der Waals surface area contributed by atoms with E-state index < -0.39 is 0 Å². The van der Waals surface area contributed by atoms with Crippen LogP contribution < -0.4 is 10.1 Å². The van der Waals surface area contributed by atoms with Gasteiger partial charge in [-0.2, -0.15) is 0 Å². The molecular weight excluding hydrogens is 213 g/mol. The maximum absolute atomic E-state index is 13.0. The molecule has 1 heterocycles. The summed E-state index contributed by atoms with van der Waals surface area (Å²) in [6.07, 6.45) is 0. The molecule has 86 valence electrons. The van der Waals surface area contributed by atoms with Crippen molar-refractivity contribution < 1.29 is 18.7 Å². The van der Waals surface area contributed by atoms with Crippen LogP contribution in [0, 0.1) is 5.82 Å². The molecule has 0 bridgehead atoms. The van der Waals surface area contributed by atoms with Crippen molar-refractivity contribution in [1.29, 1.82) is 0 Å². The number of hydrogen-bond donors (Lipinski definition) is 1. The van der Waals surface area contributed by atoms with Crippen molar-refractivity contribution in [3.8, 4) is 5.75 Å². The van der Waals surface area contributed by atoms with E-state index in [0.717, 1.165) is 0 Å². The normalized spacial score (nSPS) is 17.8. The molecule has 1 N–H and O–H groups in total. The van der Waals surface area contributed by atoms with Crippen LogP contribution >= 0.6 is 0 Å². The number of hydrogen-bond acceptors (Lipinski definition) is 3. The smallest absolute Gasteiger partial charge is 0.246 e. The van der Waals surface area contributed by atoms with Crippen molar-refractivity contribution in [3.05, 3.63) is 29.6 Å². The van der Waals surface area contributed by atoms with E-state index >= 15 is 0 Å². The van der Waals surface area contributed by atoms with E-state index in [2.05, 4.69) is 5.32 Å². The van der Waals surface area contributed by atoms with Gasteiger partial charge in [0.1, 0.15) is 24.8 Å². The zero-order valence-corrected chi connectivity index (χ0v) is 8.83. The fourth-order valence-corrected chi connectivity index (χ4v) is 1.67. The highest BCUT2D eigenvalue weighted by Gasteiger charge is 2.25. The number of methoxy groups -OCH3 is 1. The standard InChI is InChI=1S/C11H12FNO3/c1-15-6-11(14)13-9-5-16-10-3-2-7(12)4-8(9)10/h2-4,9H,5-6H2,1H3,(H,13,14). The van der Waals surface area contributed by atoms with Gasteiger partial charge in [-0.3, -0.25) is 4.79 Å². The molecule has 16 heavy (non-hydrogen) atoms. The molecule has 0 saturated carbocycles. The van der Waals surface area contributed by atoms with Crippen LogP contribution in [0.4, 0.5) is 4.39 Å². The minimum absolute atomic E-state index is 0.0127. The third kappa shape index (κ3) is 2.14. The first kappa shape index (κ1) is 10.9. The van der Waals surface area contributed by atoms with Gasteiger partial charge in [-0.1, -0.05) is 0 Å². The summed E-state index contributed by atoms with van der Waals surface area (Å²) < 4.78 is 23.0. The number of rotatable bonds is 3.